The Balaban J connectivity index is 2.05. The fraction of sp³-hybridized carbons (Fsp3) is 0.462. The van der Waals surface area contributed by atoms with Gasteiger partial charge < -0.3 is 5.73 Å². The van der Waals surface area contributed by atoms with E-state index in [2.05, 4.69) is 28.8 Å². The summed E-state index contributed by atoms with van der Waals surface area (Å²) >= 11 is 1.56. The van der Waals surface area contributed by atoms with Gasteiger partial charge in [-0.1, -0.05) is 13.8 Å². The molecule has 1 aliphatic rings. The van der Waals surface area contributed by atoms with Gasteiger partial charge >= 0.3 is 0 Å². The Morgan fingerprint density at radius 3 is 2.94 bits per heavy atom. The van der Waals surface area contributed by atoms with Crippen LogP contribution in [0.1, 0.15) is 37.6 Å². The van der Waals surface area contributed by atoms with Crippen LogP contribution in [0.25, 0.3) is 11.5 Å². The maximum atomic E-state index is 6.20. The highest BCUT2D eigenvalue weighted by Gasteiger charge is 2.31. The first-order chi connectivity index (χ1) is 8.55. The van der Waals surface area contributed by atoms with E-state index in [1.54, 1.807) is 16.8 Å². The van der Waals surface area contributed by atoms with Gasteiger partial charge in [-0.25, -0.2) is 15.0 Å². The van der Waals surface area contributed by atoms with Crippen molar-refractivity contribution in [2.45, 2.75) is 32.7 Å². The van der Waals surface area contributed by atoms with E-state index < -0.39 is 0 Å². The molecule has 18 heavy (non-hydrogen) atoms. The molecule has 0 fully saturated rings. The number of thiazole rings is 1. The molecule has 2 aromatic heterocycles. The maximum Gasteiger partial charge on any atom is 0.179 e. The van der Waals surface area contributed by atoms with Crippen molar-refractivity contribution < 1.29 is 0 Å². The van der Waals surface area contributed by atoms with Crippen LogP contribution < -0.4 is 5.73 Å². The summed E-state index contributed by atoms with van der Waals surface area (Å²) in [7, 11) is 0. The van der Waals surface area contributed by atoms with Crippen molar-refractivity contribution in [3.8, 4) is 11.5 Å². The van der Waals surface area contributed by atoms with E-state index >= 15 is 0 Å². The Morgan fingerprint density at radius 2 is 2.22 bits per heavy atom. The third-order valence-corrected chi connectivity index (χ3v) is 3.97. The standard InChI is InChI=1S/C13H16N4S/c1-13(2)3-9(14)8-5-15-12(17-10(8)4-13)11-6-18-7-16-11/h5-7,9H,3-4,14H2,1-2H3. The average molecular weight is 260 g/mol. The Hall–Kier alpha value is -1.33. The fourth-order valence-electron chi connectivity index (χ4n) is 2.55. The summed E-state index contributed by atoms with van der Waals surface area (Å²) in [5.74, 6) is 0.708. The summed E-state index contributed by atoms with van der Waals surface area (Å²) in [6.45, 7) is 4.47. The lowest BCUT2D eigenvalue weighted by Gasteiger charge is -2.34. The minimum atomic E-state index is 0.0493. The van der Waals surface area contributed by atoms with Gasteiger partial charge in [0, 0.05) is 28.9 Å². The molecule has 3 rings (SSSR count). The number of rotatable bonds is 1. The quantitative estimate of drug-likeness (QED) is 0.856. The zero-order valence-corrected chi connectivity index (χ0v) is 11.4. The Kier molecular flexibility index (Phi) is 2.68. The Morgan fingerprint density at radius 1 is 1.39 bits per heavy atom. The lowest BCUT2D eigenvalue weighted by molar-refractivity contribution is 0.278. The molecule has 2 N–H and O–H groups in total. The van der Waals surface area contributed by atoms with E-state index in [1.807, 2.05) is 11.6 Å². The second kappa shape index (κ2) is 4.10. The Bertz CT molecular complexity index is 562. The largest absolute Gasteiger partial charge is 0.324 e. The molecule has 0 saturated carbocycles. The van der Waals surface area contributed by atoms with Crippen LogP contribution >= 0.6 is 11.3 Å². The highest BCUT2D eigenvalue weighted by molar-refractivity contribution is 7.07. The zero-order chi connectivity index (χ0) is 12.8. The maximum absolute atomic E-state index is 6.20. The summed E-state index contributed by atoms with van der Waals surface area (Å²) in [5, 5.41) is 1.97. The normalized spacial score (nSPS) is 21.6. The molecule has 1 aliphatic carbocycles. The molecular weight excluding hydrogens is 244 g/mol. The van der Waals surface area contributed by atoms with Crippen molar-refractivity contribution >= 4 is 11.3 Å². The summed E-state index contributed by atoms with van der Waals surface area (Å²) in [6.07, 6.45) is 3.81. The molecule has 0 spiro atoms. The SMILES string of the molecule is CC1(C)Cc2nc(-c3cscn3)ncc2C(N)C1. The smallest absolute Gasteiger partial charge is 0.179 e. The van der Waals surface area contributed by atoms with Crippen LogP contribution in [0.5, 0.6) is 0 Å². The van der Waals surface area contributed by atoms with Gasteiger partial charge in [0.05, 0.1) is 5.51 Å². The lowest BCUT2D eigenvalue weighted by Crippen LogP contribution is -2.30. The van der Waals surface area contributed by atoms with Gasteiger partial charge in [0.15, 0.2) is 5.82 Å². The van der Waals surface area contributed by atoms with Crippen molar-refractivity contribution in [2.24, 2.45) is 11.1 Å². The van der Waals surface area contributed by atoms with Crippen LogP contribution in [0, 0.1) is 5.41 Å². The van der Waals surface area contributed by atoms with E-state index in [9.17, 15) is 0 Å². The second-order valence-electron chi connectivity index (χ2n) is 5.62. The van der Waals surface area contributed by atoms with Gasteiger partial charge in [-0.3, -0.25) is 0 Å². The second-order valence-corrected chi connectivity index (χ2v) is 6.34. The molecule has 1 unspecified atom stereocenters. The predicted molar refractivity (Wildman–Crippen MR) is 72.2 cm³/mol. The summed E-state index contributed by atoms with van der Waals surface area (Å²) in [6, 6.07) is 0.0493. The molecule has 0 aromatic carbocycles. The van der Waals surface area contributed by atoms with E-state index in [0.717, 1.165) is 29.8 Å². The van der Waals surface area contributed by atoms with E-state index in [-0.39, 0.29) is 11.5 Å². The third-order valence-electron chi connectivity index (χ3n) is 3.38. The van der Waals surface area contributed by atoms with Crippen LogP contribution in [-0.4, -0.2) is 15.0 Å². The molecule has 94 valence electrons. The van der Waals surface area contributed by atoms with Crippen molar-refractivity contribution in [3.63, 3.8) is 0 Å². The van der Waals surface area contributed by atoms with Crippen LogP contribution in [0.4, 0.5) is 0 Å². The average Bonchev–Trinajstić information content (AvgIpc) is 2.79. The van der Waals surface area contributed by atoms with Gasteiger partial charge in [-0.05, 0) is 18.3 Å². The summed E-state index contributed by atoms with van der Waals surface area (Å²) < 4.78 is 0. The summed E-state index contributed by atoms with van der Waals surface area (Å²) in [4.78, 5) is 13.3. The molecule has 0 saturated heterocycles. The molecular formula is C13H16N4S. The monoisotopic (exact) mass is 260 g/mol. The number of nitrogens with two attached hydrogens (primary N) is 1. The van der Waals surface area contributed by atoms with Gasteiger partial charge in [0.25, 0.3) is 0 Å². The molecule has 5 heteroatoms. The Labute approximate surface area is 110 Å². The molecule has 0 amide bonds. The zero-order valence-electron chi connectivity index (χ0n) is 10.6. The van der Waals surface area contributed by atoms with Crippen molar-refractivity contribution in [1.29, 1.82) is 0 Å². The molecule has 2 heterocycles. The molecule has 0 radical (unpaired) electrons. The number of fused-ring (bicyclic) bond motifs is 1. The summed E-state index contributed by atoms with van der Waals surface area (Å²) in [5.41, 5.74) is 11.2. The van der Waals surface area contributed by atoms with Crippen LogP contribution in [0.2, 0.25) is 0 Å². The van der Waals surface area contributed by atoms with Gasteiger partial charge in [-0.15, -0.1) is 11.3 Å². The van der Waals surface area contributed by atoms with Crippen LogP contribution in [0.15, 0.2) is 17.1 Å². The molecule has 2 aromatic rings. The van der Waals surface area contributed by atoms with Gasteiger partial charge in [0.2, 0.25) is 0 Å². The number of nitrogens with zero attached hydrogens (tertiary/aromatic N) is 3. The van der Waals surface area contributed by atoms with Crippen molar-refractivity contribution in [3.05, 3.63) is 28.3 Å². The number of aromatic nitrogens is 3. The van der Waals surface area contributed by atoms with Crippen molar-refractivity contribution in [1.82, 2.24) is 15.0 Å². The van der Waals surface area contributed by atoms with E-state index in [1.165, 1.54) is 0 Å². The highest BCUT2D eigenvalue weighted by Crippen LogP contribution is 2.38. The van der Waals surface area contributed by atoms with Gasteiger partial charge in [0.1, 0.15) is 5.69 Å². The third kappa shape index (κ3) is 2.04. The first-order valence-corrected chi connectivity index (χ1v) is 6.99. The van der Waals surface area contributed by atoms with E-state index in [0.29, 0.717) is 5.82 Å². The van der Waals surface area contributed by atoms with Crippen LogP contribution in [-0.2, 0) is 6.42 Å². The first kappa shape index (κ1) is 11.7. The molecule has 0 aliphatic heterocycles. The minimum absolute atomic E-state index is 0.0493. The number of hydrogen-bond acceptors (Lipinski definition) is 5. The first-order valence-electron chi connectivity index (χ1n) is 6.05. The van der Waals surface area contributed by atoms with Crippen molar-refractivity contribution in [2.75, 3.05) is 0 Å². The molecule has 0 bridgehead atoms. The highest BCUT2D eigenvalue weighted by atomic mass is 32.1. The molecule has 1 atom stereocenters. The lowest BCUT2D eigenvalue weighted by atomic mass is 9.74. The minimum Gasteiger partial charge on any atom is -0.324 e. The van der Waals surface area contributed by atoms with Gasteiger partial charge in [-0.2, -0.15) is 0 Å². The fourth-order valence-corrected chi connectivity index (χ4v) is 3.09. The topological polar surface area (TPSA) is 64.7 Å². The number of hydrogen-bond donors (Lipinski definition) is 1. The predicted octanol–water partition coefficient (Wildman–Crippen LogP) is 2.57. The molecule has 4 nitrogen and oxygen atoms in total. The van der Waals surface area contributed by atoms with Crippen LogP contribution in [0.3, 0.4) is 0 Å². The van der Waals surface area contributed by atoms with E-state index in [4.69, 9.17) is 5.73 Å².